The molecule has 0 aliphatic carbocycles. The molecule has 1 amide bonds. The quantitative estimate of drug-likeness (QED) is 0.599. The van der Waals surface area contributed by atoms with Crippen LogP contribution in [0, 0.1) is 0 Å². The standard InChI is InChI=1S/C17H15Cl2F3N2O4S/c1-16(26,17(20,21)22)15(25)24-14-7-6-12(8-13(14)19)29(27,28)23-9-10-2-4-11(18)5-3-10/h2-8,23,26H,9H2,1H3,(H,24,25)/t16-/m1/s1. The lowest BCUT2D eigenvalue weighted by atomic mass is 10.1. The number of halogens is 5. The van der Waals surface area contributed by atoms with Gasteiger partial charge in [-0.2, -0.15) is 13.2 Å². The number of benzene rings is 2. The van der Waals surface area contributed by atoms with Gasteiger partial charge in [0.15, 0.2) is 0 Å². The Balaban J connectivity index is 2.15. The van der Waals surface area contributed by atoms with E-state index in [4.69, 9.17) is 23.2 Å². The zero-order chi connectivity index (χ0) is 22.0. The van der Waals surface area contributed by atoms with Crippen LogP contribution in [0.15, 0.2) is 47.4 Å². The van der Waals surface area contributed by atoms with Crippen molar-refractivity contribution in [2.75, 3.05) is 5.32 Å². The maximum atomic E-state index is 12.7. The molecule has 29 heavy (non-hydrogen) atoms. The molecule has 0 saturated carbocycles. The highest BCUT2D eigenvalue weighted by molar-refractivity contribution is 7.89. The second-order valence-electron chi connectivity index (χ2n) is 6.12. The summed E-state index contributed by atoms with van der Waals surface area (Å²) in [7, 11) is -4.00. The van der Waals surface area contributed by atoms with Crippen molar-refractivity contribution in [3.63, 3.8) is 0 Å². The van der Waals surface area contributed by atoms with E-state index in [1.54, 1.807) is 24.3 Å². The summed E-state index contributed by atoms with van der Waals surface area (Å²) < 4.78 is 65.2. The zero-order valence-corrected chi connectivity index (χ0v) is 17.0. The highest BCUT2D eigenvalue weighted by Crippen LogP contribution is 2.32. The molecule has 2 aromatic rings. The number of rotatable bonds is 6. The fraction of sp³-hybridized carbons (Fsp3) is 0.235. The van der Waals surface area contributed by atoms with Gasteiger partial charge >= 0.3 is 6.18 Å². The number of aliphatic hydroxyl groups is 1. The van der Waals surface area contributed by atoms with E-state index in [2.05, 4.69) is 4.72 Å². The third-order valence-electron chi connectivity index (χ3n) is 3.87. The van der Waals surface area contributed by atoms with Gasteiger partial charge in [0.2, 0.25) is 15.6 Å². The van der Waals surface area contributed by atoms with Crippen LogP contribution in [0.5, 0.6) is 0 Å². The van der Waals surface area contributed by atoms with Crippen LogP contribution in [0.1, 0.15) is 12.5 Å². The first-order valence-corrected chi connectivity index (χ1v) is 10.1. The molecule has 1 atom stereocenters. The van der Waals surface area contributed by atoms with Crippen molar-refractivity contribution in [2.24, 2.45) is 0 Å². The third-order valence-corrected chi connectivity index (χ3v) is 5.84. The van der Waals surface area contributed by atoms with E-state index < -0.39 is 27.7 Å². The molecule has 0 bridgehead atoms. The summed E-state index contributed by atoms with van der Waals surface area (Å²) in [5.74, 6) is -1.76. The Kier molecular flexibility index (Phi) is 6.86. The van der Waals surface area contributed by atoms with Gasteiger partial charge in [0, 0.05) is 11.6 Å². The molecule has 2 rings (SSSR count). The summed E-state index contributed by atoms with van der Waals surface area (Å²) in [4.78, 5) is 11.5. The van der Waals surface area contributed by atoms with Crippen LogP contribution in [0.3, 0.4) is 0 Å². The monoisotopic (exact) mass is 470 g/mol. The fourth-order valence-corrected chi connectivity index (χ4v) is 3.46. The van der Waals surface area contributed by atoms with E-state index in [0.717, 1.165) is 18.2 Å². The summed E-state index contributed by atoms with van der Waals surface area (Å²) in [6, 6.07) is 9.47. The maximum Gasteiger partial charge on any atom is 0.426 e. The molecule has 0 spiro atoms. The second kappa shape index (κ2) is 8.49. The van der Waals surface area contributed by atoms with Crippen molar-refractivity contribution in [2.45, 2.75) is 30.1 Å². The van der Waals surface area contributed by atoms with E-state index in [-0.39, 0.29) is 29.1 Å². The number of hydrogen-bond donors (Lipinski definition) is 3. The second-order valence-corrected chi connectivity index (χ2v) is 8.73. The molecule has 0 fully saturated rings. The van der Waals surface area contributed by atoms with Gasteiger partial charge in [-0.1, -0.05) is 35.3 Å². The fourth-order valence-electron chi connectivity index (χ4n) is 2.00. The molecule has 3 N–H and O–H groups in total. The Labute approximate surface area is 174 Å². The minimum Gasteiger partial charge on any atom is -0.373 e. The van der Waals surface area contributed by atoms with Gasteiger partial charge in [0.25, 0.3) is 5.91 Å². The molecule has 0 heterocycles. The Hall–Kier alpha value is -1.85. The molecule has 0 saturated heterocycles. The van der Waals surface area contributed by atoms with Crippen molar-refractivity contribution in [1.82, 2.24) is 4.72 Å². The summed E-state index contributed by atoms with van der Waals surface area (Å²) in [6.45, 7) is 0.250. The Morgan fingerprint density at radius 2 is 1.69 bits per heavy atom. The largest absolute Gasteiger partial charge is 0.426 e. The summed E-state index contributed by atoms with van der Waals surface area (Å²) in [5, 5.41) is 11.3. The summed E-state index contributed by atoms with van der Waals surface area (Å²) >= 11 is 11.7. The first-order chi connectivity index (χ1) is 13.2. The van der Waals surface area contributed by atoms with Crippen molar-refractivity contribution in [1.29, 1.82) is 0 Å². The van der Waals surface area contributed by atoms with Crippen molar-refractivity contribution >= 4 is 44.8 Å². The lowest BCUT2D eigenvalue weighted by molar-refractivity contribution is -0.242. The van der Waals surface area contributed by atoms with E-state index in [1.165, 1.54) is 0 Å². The van der Waals surface area contributed by atoms with Crippen LogP contribution < -0.4 is 10.0 Å². The summed E-state index contributed by atoms with van der Waals surface area (Å²) in [5.41, 5.74) is -3.30. The number of alkyl halides is 3. The predicted octanol–water partition coefficient (Wildman–Crippen LogP) is 3.72. The van der Waals surface area contributed by atoms with Gasteiger partial charge in [-0.15, -0.1) is 0 Å². The highest BCUT2D eigenvalue weighted by atomic mass is 35.5. The molecule has 0 aromatic heterocycles. The number of hydrogen-bond acceptors (Lipinski definition) is 4. The van der Waals surface area contributed by atoms with Crippen LogP contribution in [0.4, 0.5) is 18.9 Å². The topological polar surface area (TPSA) is 95.5 Å². The first kappa shape index (κ1) is 23.4. The van der Waals surface area contributed by atoms with Crippen LogP contribution >= 0.6 is 23.2 Å². The van der Waals surface area contributed by atoms with Crippen molar-refractivity contribution in [3.05, 3.63) is 58.1 Å². The van der Waals surface area contributed by atoms with Gasteiger partial charge in [-0.3, -0.25) is 4.79 Å². The highest BCUT2D eigenvalue weighted by Gasteiger charge is 2.55. The molecule has 0 aliphatic rings. The molecule has 0 unspecified atom stereocenters. The molecular formula is C17H15Cl2F3N2O4S. The average molecular weight is 471 g/mol. The minimum absolute atomic E-state index is 0.0376. The predicted molar refractivity (Wildman–Crippen MR) is 102 cm³/mol. The van der Waals surface area contributed by atoms with Crippen LogP contribution in [-0.4, -0.2) is 31.2 Å². The molecule has 6 nitrogen and oxygen atoms in total. The van der Waals surface area contributed by atoms with Crippen molar-refractivity contribution in [3.8, 4) is 0 Å². The van der Waals surface area contributed by atoms with Crippen LogP contribution in [0.25, 0.3) is 0 Å². The molecule has 12 heteroatoms. The van der Waals surface area contributed by atoms with Crippen LogP contribution in [0.2, 0.25) is 10.0 Å². The lowest BCUT2D eigenvalue weighted by Gasteiger charge is -2.25. The van der Waals surface area contributed by atoms with E-state index in [9.17, 15) is 31.5 Å². The SMILES string of the molecule is C[C@@](O)(C(=O)Nc1ccc(S(=O)(=O)NCc2ccc(Cl)cc2)cc1Cl)C(F)(F)F. The normalized spacial score (nSPS) is 14.3. The molecule has 0 aliphatic heterocycles. The van der Waals surface area contributed by atoms with Crippen molar-refractivity contribution < 1.29 is 31.5 Å². The molecule has 158 valence electrons. The van der Waals surface area contributed by atoms with Gasteiger partial charge in [0.1, 0.15) is 0 Å². The average Bonchev–Trinajstić information content (AvgIpc) is 2.61. The van der Waals surface area contributed by atoms with E-state index in [0.29, 0.717) is 10.6 Å². The Bertz CT molecular complexity index is 1010. The zero-order valence-electron chi connectivity index (χ0n) is 14.7. The molecule has 2 aromatic carbocycles. The lowest BCUT2D eigenvalue weighted by Crippen LogP contribution is -2.52. The number of carbonyl (C=O) groups excluding carboxylic acids is 1. The van der Waals surface area contributed by atoms with Gasteiger partial charge in [0.05, 0.1) is 15.6 Å². The van der Waals surface area contributed by atoms with Gasteiger partial charge in [-0.25, -0.2) is 13.1 Å². The van der Waals surface area contributed by atoms with E-state index in [1.807, 2.05) is 5.32 Å². The number of sulfonamides is 1. The smallest absolute Gasteiger partial charge is 0.373 e. The maximum absolute atomic E-state index is 12.7. The molecule has 0 radical (unpaired) electrons. The molecular weight excluding hydrogens is 456 g/mol. The number of amides is 1. The number of anilines is 1. The Morgan fingerprint density at radius 3 is 2.21 bits per heavy atom. The minimum atomic E-state index is -5.21. The number of carbonyl (C=O) groups is 1. The van der Waals surface area contributed by atoms with Gasteiger partial charge in [-0.05, 0) is 42.8 Å². The summed E-state index contributed by atoms with van der Waals surface area (Å²) in [6.07, 6.45) is -5.21. The van der Waals surface area contributed by atoms with Gasteiger partial charge < -0.3 is 10.4 Å². The van der Waals surface area contributed by atoms with E-state index >= 15 is 0 Å². The van der Waals surface area contributed by atoms with Crippen LogP contribution in [-0.2, 0) is 21.4 Å². The number of nitrogens with one attached hydrogen (secondary N) is 2. The first-order valence-electron chi connectivity index (χ1n) is 7.88. The Morgan fingerprint density at radius 1 is 1.10 bits per heavy atom. The third kappa shape index (κ3) is 5.61.